The van der Waals surface area contributed by atoms with Crippen molar-refractivity contribution in [1.29, 1.82) is 0 Å². The Hall–Kier alpha value is -2.86. The lowest BCUT2D eigenvalue weighted by Crippen LogP contribution is -2.11. The van der Waals surface area contributed by atoms with E-state index < -0.39 is 0 Å². The third-order valence-corrected chi connectivity index (χ3v) is 4.49. The molecule has 6 heteroatoms. The number of aromatic nitrogens is 2. The first kappa shape index (κ1) is 13.8. The molecule has 4 rings (SSSR count). The summed E-state index contributed by atoms with van der Waals surface area (Å²) >= 11 is 1.53. The molecule has 0 aliphatic rings. The maximum atomic E-state index is 5.49. The summed E-state index contributed by atoms with van der Waals surface area (Å²) in [4.78, 5) is 8.34. The highest BCUT2D eigenvalue weighted by atomic mass is 32.1. The van der Waals surface area contributed by atoms with Crippen molar-refractivity contribution in [2.24, 2.45) is 10.1 Å². The van der Waals surface area contributed by atoms with Gasteiger partial charge >= 0.3 is 0 Å². The van der Waals surface area contributed by atoms with Crippen LogP contribution in [0.15, 0.2) is 68.7 Å². The molecule has 114 valence electrons. The number of furan rings is 1. The summed E-state index contributed by atoms with van der Waals surface area (Å²) in [6.07, 6.45) is 5.45. The smallest absolute Gasteiger partial charge is 0.206 e. The van der Waals surface area contributed by atoms with Gasteiger partial charge in [0.05, 0.1) is 12.5 Å². The fourth-order valence-corrected chi connectivity index (χ4v) is 3.26. The van der Waals surface area contributed by atoms with E-state index in [9.17, 15) is 0 Å². The van der Waals surface area contributed by atoms with Crippen LogP contribution in [-0.4, -0.2) is 22.9 Å². The molecule has 1 N–H and O–H groups in total. The molecule has 23 heavy (non-hydrogen) atoms. The molecular weight excluding hydrogens is 308 g/mol. The Bertz CT molecular complexity index is 1030. The van der Waals surface area contributed by atoms with E-state index in [0.717, 1.165) is 32.7 Å². The van der Waals surface area contributed by atoms with Crippen molar-refractivity contribution in [1.82, 2.24) is 9.66 Å². The largest absolute Gasteiger partial charge is 0.463 e. The van der Waals surface area contributed by atoms with Crippen LogP contribution in [0.25, 0.3) is 22.4 Å². The number of benzene rings is 1. The van der Waals surface area contributed by atoms with Crippen molar-refractivity contribution < 1.29 is 4.42 Å². The number of aromatic amines is 1. The van der Waals surface area contributed by atoms with Crippen molar-refractivity contribution in [3.05, 3.63) is 64.6 Å². The van der Waals surface area contributed by atoms with E-state index in [1.54, 1.807) is 18.0 Å². The van der Waals surface area contributed by atoms with Crippen molar-refractivity contribution >= 4 is 28.5 Å². The summed E-state index contributed by atoms with van der Waals surface area (Å²) in [5.41, 5.74) is 3.01. The van der Waals surface area contributed by atoms with Gasteiger partial charge in [-0.2, -0.15) is 5.10 Å². The van der Waals surface area contributed by atoms with E-state index in [4.69, 9.17) is 4.42 Å². The monoisotopic (exact) mass is 322 g/mol. The van der Waals surface area contributed by atoms with Crippen molar-refractivity contribution in [3.63, 3.8) is 0 Å². The van der Waals surface area contributed by atoms with Gasteiger partial charge < -0.3 is 9.40 Å². The van der Waals surface area contributed by atoms with Crippen molar-refractivity contribution in [3.8, 4) is 11.5 Å². The minimum atomic E-state index is 0.771. The number of rotatable bonds is 3. The highest BCUT2D eigenvalue weighted by Gasteiger charge is 2.09. The van der Waals surface area contributed by atoms with Crippen LogP contribution in [0, 0.1) is 0 Å². The Morgan fingerprint density at radius 3 is 2.96 bits per heavy atom. The van der Waals surface area contributed by atoms with Crippen LogP contribution in [0.1, 0.15) is 5.56 Å². The Morgan fingerprint density at radius 1 is 1.22 bits per heavy atom. The third kappa shape index (κ3) is 2.43. The SMILES string of the molecule is CN=c1scc(-c2ccco2)n1N=Cc1c[nH]c2ccccc12. The first-order valence-electron chi connectivity index (χ1n) is 7.14. The average Bonchev–Trinajstić information content (AvgIpc) is 3.31. The summed E-state index contributed by atoms with van der Waals surface area (Å²) in [7, 11) is 1.76. The summed E-state index contributed by atoms with van der Waals surface area (Å²) < 4.78 is 7.29. The molecule has 0 unspecified atom stereocenters. The molecule has 0 atom stereocenters. The van der Waals surface area contributed by atoms with E-state index in [1.807, 2.05) is 48.1 Å². The number of thiazole rings is 1. The standard InChI is InChI=1S/C17H14N4OS/c1-18-17-21(15(11-23-17)16-7-4-8-22-16)20-10-12-9-19-14-6-3-2-5-13(12)14/h2-11,19H,1H3. The second-order valence-corrected chi connectivity index (χ2v) is 5.79. The zero-order chi connectivity index (χ0) is 15.6. The Labute approximate surface area is 136 Å². The number of H-pyrrole nitrogens is 1. The molecule has 3 aromatic heterocycles. The fourth-order valence-electron chi connectivity index (χ4n) is 2.48. The number of hydrogen-bond acceptors (Lipinski definition) is 4. The van der Waals surface area contributed by atoms with E-state index >= 15 is 0 Å². The summed E-state index contributed by atoms with van der Waals surface area (Å²) in [5, 5.41) is 7.75. The van der Waals surface area contributed by atoms with Crippen LogP contribution >= 0.6 is 11.3 Å². The topological polar surface area (TPSA) is 58.6 Å². The molecule has 0 bridgehead atoms. The first-order chi connectivity index (χ1) is 11.4. The van der Waals surface area contributed by atoms with Gasteiger partial charge in [-0.25, -0.2) is 4.68 Å². The minimum Gasteiger partial charge on any atom is -0.463 e. The highest BCUT2D eigenvalue weighted by Crippen LogP contribution is 2.21. The minimum absolute atomic E-state index is 0.771. The fraction of sp³-hybridized carbons (Fsp3) is 0.0588. The van der Waals surface area contributed by atoms with Gasteiger partial charge in [-0.1, -0.05) is 18.2 Å². The summed E-state index contributed by atoms with van der Waals surface area (Å²) in [5.74, 6) is 0.771. The van der Waals surface area contributed by atoms with Gasteiger partial charge in [-0.3, -0.25) is 4.99 Å². The molecule has 1 aromatic carbocycles. The van der Waals surface area contributed by atoms with Crippen LogP contribution < -0.4 is 4.80 Å². The van der Waals surface area contributed by atoms with Crippen LogP contribution in [-0.2, 0) is 0 Å². The van der Waals surface area contributed by atoms with Gasteiger partial charge in [0.1, 0.15) is 5.69 Å². The number of fused-ring (bicyclic) bond motifs is 1. The van der Waals surface area contributed by atoms with Gasteiger partial charge in [0.15, 0.2) is 5.76 Å². The molecule has 0 fully saturated rings. The number of hydrogen-bond donors (Lipinski definition) is 1. The lowest BCUT2D eigenvalue weighted by Gasteiger charge is -1.99. The molecule has 0 spiro atoms. The second kappa shape index (κ2) is 5.73. The first-order valence-corrected chi connectivity index (χ1v) is 8.02. The van der Waals surface area contributed by atoms with E-state index in [0.29, 0.717) is 0 Å². The summed E-state index contributed by atoms with van der Waals surface area (Å²) in [6, 6.07) is 11.9. The quantitative estimate of drug-likeness (QED) is 0.574. The predicted molar refractivity (Wildman–Crippen MR) is 92.8 cm³/mol. The normalized spacial score (nSPS) is 12.7. The van der Waals surface area contributed by atoms with Crippen LogP contribution in [0.3, 0.4) is 0 Å². The molecule has 0 aliphatic carbocycles. The second-order valence-electron chi connectivity index (χ2n) is 4.95. The van der Waals surface area contributed by atoms with Gasteiger partial charge in [0.25, 0.3) is 0 Å². The van der Waals surface area contributed by atoms with Crippen molar-refractivity contribution in [2.75, 3.05) is 7.05 Å². The molecule has 0 amide bonds. The summed E-state index contributed by atoms with van der Waals surface area (Å²) in [6.45, 7) is 0. The Morgan fingerprint density at radius 2 is 2.13 bits per heavy atom. The highest BCUT2D eigenvalue weighted by molar-refractivity contribution is 7.07. The molecule has 0 aliphatic heterocycles. The molecule has 0 saturated heterocycles. The lowest BCUT2D eigenvalue weighted by atomic mass is 10.2. The lowest BCUT2D eigenvalue weighted by molar-refractivity contribution is 0.575. The maximum Gasteiger partial charge on any atom is 0.206 e. The molecular formula is C17H14N4OS. The number of nitrogens with zero attached hydrogens (tertiary/aromatic N) is 3. The van der Waals surface area contributed by atoms with Gasteiger partial charge in [0.2, 0.25) is 4.80 Å². The van der Waals surface area contributed by atoms with Crippen LogP contribution in [0.2, 0.25) is 0 Å². The molecule has 3 heterocycles. The van der Waals surface area contributed by atoms with Gasteiger partial charge in [0, 0.05) is 35.1 Å². The Balaban J connectivity index is 1.81. The van der Waals surface area contributed by atoms with Gasteiger partial charge in [-0.15, -0.1) is 11.3 Å². The van der Waals surface area contributed by atoms with Crippen LogP contribution in [0.5, 0.6) is 0 Å². The average molecular weight is 322 g/mol. The number of para-hydroxylation sites is 1. The molecule has 4 aromatic rings. The maximum absolute atomic E-state index is 5.49. The van der Waals surface area contributed by atoms with E-state index in [-0.39, 0.29) is 0 Å². The van der Waals surface area contributed by atoms with Crippen LogP contribution in [0.4, 0.5) is 0 Å². The van der Waals surface area contributed by atoms with E-state index in [1.165, 1.54) is 11.3 Å². The van der Waals surface area contributed by atoms with Crippen molar-refractivity contribution in [2.45, 2.75) is 0 Å². The third-order valence-electron chi connectivity index (χ3n) is 3.58. The van der Waals surface area contributed by atoms with E-state index in [2.05, 4.69) is 21.1 Å². The molecule has 5 nitrogen and oxygen atoms in total. The van der Waals surface area contributed by atoms with Gasteiger partial charge in [-0.05, 0) is 18.2 Å². The zero-order valence-electron chi connectivity index (χ0n) is 12.4. The zero-order valence-corrected chi connectivity index (χ0v) is 13.2. The number of nitrogens with one attached hydrogen (secondary N) is 1. The Kier molecular flexibility index (Phi) is 3.44. The molecule has 0 radical (unpaired) electrons. The predicted octanol–water partition coefficient (Wildman–Crippen LogP) is 3.70. The molecule has 0 saturated carbocycles.